The zero-order chi connectivity index (χ0) is 20.1. The van der Waals surface area contributed by atoms with Crippen LogP contribution in [0.25, 0.3) is 0 Å². The minimum Gasteiger partial charge on any atom is -0.308 e. The predicted molar refractivity (Wildman–Crippen MR) is 113 cm³/mol. The van der Waals surface area contributed by atoms with Crippen LogP contribution in [-0.2, 0) is 10.0 Å². The lowest BCUT2D eigenvalue weighted by Crippen LogP contribution is -2.19. The van der Waals surface area contributed by atoms with E-state index in [-0.39, 0.29) is 4.90 Å². The molecule has 3 aromatic rings. The highest BCUT2D eigenvalue weighted by atomic mass is 35.5. The van der Waals surface area contributed by atoms with Crippen LogP contribution in [0, 0.1) is 6.92 Å². The van der Waals surface area contributed by atoms with E-state index in [0.717, 1.165) is 0 Å². The summed E-state index contributed by atoms with van der Waals surface area (Å²) in [4.78, 5) is 12.1. The van der Waals surface area contributed by atoms with E-state index in [1.54, 1.807) is 37.3 Å². The van der Waals surface area contributed by atoms with Crippen LogP contribution in [0.3, 0.4) is 0 Å². The number of para-hydroxylation sites is 1. The first-order chi connectivity index (χ1) is 13.3. The van der Waals surface area contributed by atoms with E-state index in [1.807, 2.05) is 18.2 Å². The van der Waals surface area contributed by atoms with Crippen molar-refractivity contribution >= 4 is 44.7 Å². The Labute approximate surface area is 168 Å². The van der Waals surface area contributed by atoms with Crippen molar-refractivity contribution in [3.05, 3.63) is 83.4 Å². The van der Waals surface area contributed by atoms with Crippen molar-refractivity contribution in [3.8, 4) is 0 Å². The smallest absolute Gasteiger partial charge is 0.308 e. The lowest BCUT2D eigenvalue weighted by molar-refractivity contribution is 0.262. The van der Waals surface area contributed by atoms with Crippen LogP contribution in [0.2, 0.25) is 5.02 Å². The molecule has 0 saturated heterocycles. The quantitative estimate of drug-likeness (QED) is 0.542. The molecule has 0 unspecified atom stereocenters. The maximum Gasteiger partial charge on any atom is 0.323 e. The van der Waals surface area contributed by atoms with Crippen LogP contribution in [0.1, 0.15) is 5.56 Å². The third-order valence-corrected chi connectivity index (χ3v) is 5.50. The fourth-order valence-electron chi connectivity index (χ4n) is 2.48. The van der Waals surface area contributed by atoms with Gasteiger partial charge in [0.15, 0.2) is 0 Å². The maximum atomic E-state index is 12.6. The van der Waals surface area contributed by atoms with Gasteiger partial charge >= 0.3 is 6.03 Å². The number of carbonyl (C=O) groups is 1. The topological polar surface area (TPSA) is 87.3 Å². The average Bonchev–Trinajstić information content (AvgIpc) is 2.65. The van der Waals surface area contributed by atoms with Crippen LogP contribution in [0.15, 0.2) is 77.7 Å². The predicted octanol–water partition coefficient (Wildman–Crippen LogP) is 5.09. The zero-order valence-corrected chi connectivity index (χ0v) is 16.5. The van der Waals surface area contributed by atoms with Crippen LogP contribution < -0.4 is 15.4 Å². The summed E-state index contributed by atoms with van der Waals surface area (Å²) in [7, 11) is -3.76. The molecule has 6 nitrogen and oxygen atoms in total. The summed E-state index contributed by atoms with van der Waals surface area (Å²) in [5.41, 5.74) is 2.29. The van der Waals surface area contributed by atoms with Gasteiger partial charge in [0.05, 0.1) is 10.6 Å². The summed E-state index contributed by atoms with van der Waals surface area (Å²) < 4.78 is 27.7. The molecule has 0 bridgehead atoms. The van der Waals surface area contributed by atoms with Crippen LogP contribution in [0.4, 0.5) is 21.9 Å². The Kier molecular flexibility index (Phi) is 5.87. The van der Waals surface area contributed by atoms with E-state index in [9.17, 15) is 13.2 Å². The molecule has 3 rings (SSSR count). The average molecular weight is 416 g/mol. The van der Waals surface area contributed by atoms with Gasteiger partial charge in [0.2, 0.25) is 0 Å². The van der Waals surface area contributed by atoms with Gasteiger partial charge in [-0.2, -0.15) is 0 Å². The van der Waals surface area contributed by atoms with Crippen molar-refractivity contribution in [3.63, 3.8) is 0 Å². The fraction of sp³-hybridized carbons (Fsp3) is 0.0500. The van der Waals surface area contributed by atoms with E-state index in [1.165, 1.54) is 24.3 Å². The van der Waals surface area contributed by atoms with Crippen molar-refractivity contribution in [2.24, 2.45) is 0 Å². The number of sulfonamides is 1. The summed E-state index contributed by atoms with van der Waals surface area (Å²) >= 11 is 5.90. The van der Waals surface area contributed by atoms with E-state index < -0.39 is 16.1 Å². The van der Waals surface area contributed by atoms with Crippen molar-refractivity contribution in [1.29, 1.82) is 0 Å². The summed E-state index contributed by atoms with van der Waals surface area (Å²) in [5, 5.41) is 5.87. The molecule has 3 aromatic carbocycles. The number of hydrogen-bond acceptors (Lipinski definition) is 3. The van der Waals surface area contributed by atoms with Gasteiger partial charge in [0.1, 0.15) is 0 Å². The van der Waals surface area contributed by atoms with Crippen LogP contribution in [0.5, 0.6) is 0 Å². The Balaban J connectivity index is 1.68. The van der Waals surface area contributed by atoms with Gasteiger partial charge in [0, 0.05) is 16.4 Å². The molecule has 8 heteroatoms. The summed E-state index contributed by atoms with van der Waals surface area (Å²) in [6, 6.07) is 19.4. The number of benzene rings is 3. The Bertz CT molecular complexity index is 1090. The van der Waals surface area contributed by atoms with Gasteiger partial charge in [-0.1, -0.05) is 29.8 Å². The molecule has 0 aliphatic heterocycles. The molecular weight excluding hydrogens is 398 g/mol. The maximum absolute atomic E-state index is 12.6. The Morgan fingerprint density at radius 3 is 2.07 bits per heavy atom. The third kappa shape index (κ3) is 5.03. The number of urea groups is 1. The van der Waals surface area contributed by atoms with Gasteiger partial charge in [-0.3, -0.25) is 4.72 Å². The first-order valence-corrected chi connectivity index (χ1v) is 10.2. The second kappa shape index (κ2) is 8.33. The van der Waals surface area contributed by atoms with Gasteiger partial charge < -0.3 is 10.6 Å². The van der Waals surface area contributed by atoms with Crippen molar-refractivity contribution in [1.82, 2.24) is 0 Å². The number of carbonyl (C=O) groups excluding carboxylic acids is 1. The third-order valence-electron chi connectivity index (χ3n) is 3.89. The molecule has 3 N–H and O–H groups in total. The Hall–Kier alpha value is -3.03. The van der Waals surface area contributed by atoms with Gasteiger partial charge in [0.25, 0.3) is 10.0 Å². The second-order valence-corrected chi connectivity index (χ2v) is 8.15. The number of halogens is 1. The second-order valence-electron chi connectivity index (χ2n) is 6.03. The molecule has 0 atom stereocenters. The molecule has 0 aliphatic carbocycles. The lowest BCUT2D eigenvalue weighted by Gasteiger charge is -2.12. The van der Waals surface area contributed by atoms with Gasteiger partial charge in [-0.05, 0) is 67.1 Å². The lowest BCUT2D eigenvalue weighted by atomic mass is 10.2. The Morgan fingerprint density at radius 1 is 0.857 bits per heavy atom. The molecule has 0 aromatic heterocycles. The van der Waals surface area contributed by atoms with E-state index in [2.05, 4.69) is 15.4 Å². The molecule has 28 heavy (non-hydrogen) atoms. The monoisotopic (exact) mass is 415 g/mol. The van der Waals surface area contributed by atoms with Crippen LogP contribution >= 0.6 is 11.6 Å². The first kappa shape index (κ1) is 19.7. The van der Waals surface area contributed by atoms with Crippen LogP contribution in [-0.4, -0.2) is 14.4 Å². The summed E-state index contributed by atoms with van der Waals surface area (Å²) in [6.07, 6.45) is 0. The minimum absolute atomic E-state index is 0.0795. The molecule has 2 amide bonds. The highest BCUT2D eigenvalue weighted by Crippen LogP contribution is 2.23. The first-order valence-electron chi connectivity index (χ1n) is 8.35. The molecule has 0 radical (unpaired) electrons. The molecule has 144 valence electrons. The van der Waals surface area contributed by atoms with E-state index in [4.69, 9.17) is 11.6 Å². The van der Waals surface area contributed by atoms with E-state index >= 15 is 0 Å². The minimum atomic E-state index is -3.76. The number of anilines is 3. The SMILES string of the molecule is Cc1cc(Cl)ccc1NS(=O)(=O)c1ccc(NC(=O)Nc2ccccc2)cc1. The molecule has 0 fully saturated rings. The normalized spacial score (nSPS) is 10.9. The van der Waals surface area contributed by atoms with Gasteiger partial charge in [-0.15, -0.1) is 0 Å². The number of rotatable bonds is 5. The van der Waals surface area contributed by atoms with Crippen molar-refractivity contribution < 1.29 is 13.2 Å². The standard InChI is InChI=1S/C20H18ClN3O3S/c1-14-13-15(21)7-12-19(14)24-28(26,27)18-10-8-17(9-11-18)23-20(25)22-16-5-3-2-4-6-16/h2-13,24H,1H3,(H2,22,23,25). The fourth-order valence-corrected chi connectivity index (χ4v) is 3.84. The molecule has 0 spiro atoms. The van der Waals surface area contributed by atoms with E-state index in [0.29, 0.717) is 27.6 Å². The summed E-state index contributed by atoms with van der Waals surface area (Å²) in [5.74, 6) is 0. The molecule has 0 heterocycles. The molecule has 0 saturated carbocycles. The number of aryl methyl sites for hydroxylation is 1. The summed E-state index contributed by atoms with van der Waals surface area (Å²) in [6.45, 7) is 1.77. The highest BCUT2D eigenvalue weighted by molar-refractivity contribution is 7.92. The highest BCUT2D eigenvalue weighted by Gasteiger charge is 2.15. The van der Waals surface area contributed by atoms with Crippen molar-refractivity contribution in [2.45, 2.75) is 11.8 Å². The van der Waals surface area contributed by atoms with Gasteiger partial charge in [-0.25, -0.2) is 13.2 Å². The molecular formula is C20H18ClN3O3S. The number of hydrogen-bond donors (Lipinski definition) is 3. The molecule has 0 aliphatic rings. The van der Waals surface area contributed by atoms with Crippen molar-refractivity contribution in [2.75, 3.05) is 15.4 Å². The largest absolute Gasteiger partial charge is 0.323 e. The number of nitrogens with one attached hydrogen (secondary N) is 3. The zero-order valence-electron chi connectivity index (χ0n) is 14.9. The number of amides is 2. The Morgan fingerprint density at radius 2 is 1.46 bits per heavy atom.